The van der Waals surface area contributed by atoms with Crippen LogP contribution >= 0.6 is 0 Å². The Bertz CT molecular complexity index is 928. The van der Waals surface area contributed by atoms with E-state index in [4.69, 9.17) is 0 Å². The normalized spacial score (nSPS) is 11.4. The lowest BCUT2D eigenvalue weighted by Crippen LogP contribution is -2.35. The molecule has 0 aliphatic heterocycles. The van der Waals surface area contributed by atoms with Crippen molar-refractivity contribution >= 4 is 21.7 Å². The van der Waals surface area contributed by atoms with Crippen molar-refractivity contribution in [1.29, 1.82) is 0 Å². The molecule has 0 atom stereocenters. The molecule has 0 fully saturated rings. The summed E-state index contributed by atoms with van der Waals surface area (Å²) in [4.78, 5) is 27.0. The number of sulfonamides is 1. The number of H-pyrrole nitrogens is 1. The Morgan fingerprint density at radius 3 is 2.19 bits per heavy atom. The van der Waals surface area contributed by atoms with Crippen LogP contribution in [-0.4, -0.2) is 38.2 Å². The highest BCUT2D eigenvalue weighted by Crippen LogP contribution is 2.18. The molecule has 3 N–H and O–H groups in total. The quantitative estimate of drug-likeness (QED) is 0.505. The topological polar surface area (TPSA) is 108 Å². The van der Waals surface area contributed by atoms with Gasteiger partial charge in [0.05, 0.1) is 4.90 Å². The standard InChI is InChI=1S/C18H23N3O4S/c1-11-5-7-15(8-6-11)26(24,25)20-10-9-19-18(23)17-12(2)16(14(4)22)13(3)21-17/h5-8,20-21H,9-10H2,1-4H3,(H,19,23). The van der Waals surface area contributed by atoms with E-state index in [0.29, 0.717) is 22.5 Å². The summed E-state index contributed by atoms with van der Waals surface area (Å²) in [5.41, 5.74) is 3.02. The molecule has 140 valence electrons. The minimum absolute atomic E-state index is 0.0558. The lowest BCUT2D eigenvalue weighted by molar-refractivity contribution is 0.0949. The van der Waals surface area contributed by atoms with Crippen LogP contribution in [0.15, 0.2) is 29.2 Å². The van der Waals surface area contributed by atoms with Crippen molar-refractivity contribution in [2.24, 2.45) is 0 Å². The second-order valence-electron chi connectivity index (χ2n) is 6.15. The summed E-state index contributed by atoms with van der Waals surface area (Å²) < 4.78 is 26.8. The van der Waals surface area contributed by atoms with E-state index in [-0.39, 0.29) is 29.7 Å². The smallest absolute Gasteiger partial charge is 0.268 e. The van der Waals surface area contributed by atoms with Crippen LogP contribution in [0.2, 0.25) is 0 Å². The number of rotatable bonds is 7. The number of carbonyl (C=O) groups excluding carboxylic acids is 2. The van der Waals surface area contributed by atoms with Gasteiger partial charge >= 0.3 is 0 Å². The summed E-state index contributed by atoms with van der Waals surface area (Å²) in [5, 5.41) is 2.64. The van der Waals surface area contributed by atoms with Gasteiger partial charge in [0, 0.05) is 24.3 Å². The Kier molecular flexibility index (Phi) is 5.99. The van der Waals surface area contributed by atoms with Gasteiger partial charge in [-0.2, -0.15) is 0 Å². The maximum Gasteiger partial charge on any atom is 0.268 e. The highest BCUT2D eigenvalue weighted by Gasteiger charge is 2.19. The van der Waals surface area contributed by atoms with Crippen LogP contribution in [0.1, 0.15) is 44.6 Å². The minimum Gasteiger partial charge on any atom is -0.354 e. The Hall–Kier alpha value is -2.45. The molecule has 0 aliphatic rings. The fourth-order valence-corrected chi connectivity index (χ4v) is 3.79. The van der Waals surface area contributed by atoms with Crippen LogP contribution in [0.5, 0.6) is 0 Å². The van der Waals surface area contributed by atoms with Crippen LogP contribution in [0, 0.1) is 20.8 Å². The zero-order valence-corrected chi connectivity index (χ0v) is 16.1. The van der Waals surface area contributed by atoms with Gasteiger partial charge in [-0.25, -0.2) is 13.1 Å². The third kappa shape index (κ3) is 4.39. The maximum absolute atomic E-state index is 12.3. The summed E-state index contributed by atoms with van der Waals surface area (Å²) in [5.74, 6) is -0.492. The van der Waals surface area contributed by atoms with E-state index in [2.05, 4.69) is 15.0 Å². The van der Waals surface area contributed by atoms with Gasteiger partial charge in [-0.15, -0.1) is 0 Å². The summed E-state index contributed by atoms with van der Waals surface area (Å²) in [6.07, 6.45) is 0. The lowest BCUT2D eigenvalue weighted by atomic mass is 10.1. The zero-order valence-electron chi connectivity index (χ0n) is 15.3. The van der Waals surface area contributed by atoms with E-state index in [1.807, 2.05) is 6.92 Å². The molecule has 1 heterocycles. The number of amides is 1. The Labute approximate surface area is 153 Å². The molecule has 1 amide bonds. The van der Waals surface area contributed by atoms with E-state index >= 15 is 0 Å². The summed E-state index contributed by atoms with van der Waals surface area (Å²) in [6, 6.07) is 6.51. The van der Waals surface area contributed by atoms with Gasteiger partial charge in [0.2, 0.25) is 10.0 Å². The molecule has 0 spiro atoms. The SMILES string of the molecule is CC(=O)c1c(C)[nH]c(C(=O)NCCNS(=O)(=O)c2ccc(C)cc2)c1C. The average Bonchev–Trinajstić information content (AvgIpc) is 2.86. The van der Waals surface area contributed by atoms with E-state index in [9.17, 15) is 18.0 Å². The van der Waals surface area contributed by atoms with E-state index in [1.165, 1.54) is 19.1 Å². The van der Waals surface area contributed by atoms with Crippen LogP contribution in [0.4, 0.5) is 0 Å². The highest BCUT2D eigenvalue weighted by molar-refractivity contribution is 7.89. The Balaban J connectivity index is 1.94. The second-order valence-corrected chi connectivity index (χ2v) is 7.91. The minimum atomic E-state index is -3.62. The van der Waals surface area contributed by atoms with E-state index in [1.54, 1.807) is 26.0 Å². The highest BCUT2D eigenvalue weighted by atomic mass is 32.2. The van der Waals surface area contributed by atoms with Gasteiger partial charge in [0.1, 0.15) is 5.69 Å². The van der Waals surface area contributed by atoms with Gasteiger partial charge in [-0.3, -0.25) is 9.59 Å². The fourth-order valence-electron chi connectivity index (χ4n) is 2.76. The zero-order chi connectivity index (χ0) is 19.5. The second kappa shape index (κ2) is 7.84. The molecule has 2 aromatic rings. The number of hydrogen-bond acceptors (Lipinski definition) is 4. The molecular formula is C18H23N3O4S. The van der Waals surface area contributed by atoms with Crippen LogP contribution < -0.4 is 10.0 Å². The molecular weight excluding hydrogens is 354 g/mol. The average molecular weight is 377 g/mol. The number of hydrogen-bond donors (Lipinski definition) is 3. The van der Waals surface area contributed by atoms with Gasteiger partial charge in [0.25, 0.3) is 5.91 Å². The van der Waals surface area contributed by atoms with Crippen molar-refractivity contribution < 1.29 is 18.0 Å². The van der Waals surface area contributed by atoms with Gasteiger partial charge in [0.15, 0.2) is 5.78 Å². The van der Waals surface area contributed by atoms with Crippen molar-refractivity contribution in [2.45, 2.75) is 32.6 Å². The van der Waals surface area contributed by atoms with Gasteiger partial charge in [-0.1, -0.05) is 17.7 Å². The number of aromatic amines is 1. The molecule has 0 unspecified atom stereocenters. The number of Topliss-reactive ketones (excluding diaryl/α,β-unsaturated/α-hetero) is 1. The van der Waals surface area contributed by atoms with Crippen molar-refractivity contribution in [3.63, 3.8) is 0 Å². The molecule has 7 nitrogen and oxygen atoms in total. The molecule has 0 bridgehead atoms. The number of benzene rings is 1. The van der Waals surface area contributed by atoms with Crippen LogP contribution in [-0.2, 0) is 10.0 Å². The van der Waals surface area contributed by atoms with Crippen LogP contribution in [0.25, 0.3) is 0 Å². The molecule has 1 aromatic heterocycles. The number of ketones is 1. The summed E-state index contributed by atoms with van der Waals surface area (Å²) >= 11 is 0. The molecule has 1 aromatic carbocycles. The van der Waals surface area contributed by atoms with Crippen molar-refractivity contribution in [3.05, 3.63) is 52.3 Å². The van der Waals surface area contributed by atoms with Crippen molar-refractivity contribution in [2.75, 3.05) is 13.1 Å². The summed E-state index contributed by atoms with van der Waals surface area (Å²) in [7, 11) is -3.62. The number of nitrogens with one attached hydrogen (secondary N) is 3. The van der Waals surface area contributed by atoms with E-state index in [0.717, 1.165) is 5.56 Å². The number of aryl methyl sites for hydroxylation is 2. The predicted octanol–water partition coefficient (Wildman–Crippen LogP) is 1.85. The molecule has 8 heteroatoms. The Morgan fingerprint density at radius 1 is 1.04 bits per heavy atom. The third-order valence-corrected chi connectivity index (χ3v) is 5.53. The first-order valence-electron chi connectivity index (χ1n) is 8.18. The molecule has 2 rings (SSSR count). The first-order valence-corrected chi connectivity index (χ1v) is 9.66. The van der Waals surface area contributed by atoms with Crippen molar-refractivity contribution in [1.82, 2.24) is 15.0 Å². The monoisotopic (exact) mass is 377 g/mol. The van der Waals surface area contributed by atoms with Crippen LogP contribution in [0.3, 0.4) is 0 Å². The fraction of sp³-hybridized carbons (Fsp3) is 0.333. The first-order chi connectivity index (χ1) is 12.1. The molecule has 0 radical (unpaired) electrons. The van der Waals surface area contributed by atoms with Gasteiger partial charge < -0.3 is 10.3 Å². The maximum atomic E-state index is 12.3. The van der Waals surface area contributed by atoms with Gasteiger partial charge in [-0.05, 0) is 45.4 Å². The predicted molar refractivity (Wildman–Crippen MR) is 99.0 cm³/mol. The third-order valence-electron chi connectivity index (χ3n) is 4.05. The van der Waals surface area contributed by atoms with Crippen molar-refractivity contribution in [3.8, 4) is 0 Å². The Morgan fingerprint density at radius 2 is 1.65 bits per heavy atom. The first kappa shape index (κ1) is 19.9. The molecule has 0 saturated heterocycles. The molecule has 0 saturated carbocycles. The lowest BCUT2D eigenvalue weighted by Gasteiger charge is -2.08. The number of aromatic nitrogens is 1. The van der Waals surface area contributed by atoms with E-state index < -0.39 is 10.0 Å². The summed E-state index contributed by atoms with van der Waals surface area (Å²) in [6.45, 7) is 6.94. The molecule has 0 aliphatic carbocycles. The largest absolute Gasteiger partial charge is 0.354 e. The molecule has 26 heavy (non-hydrogen) atoms. The number of carbonyl (C=O) groups is 2.